The first-order chi connectivity index (χ1) is 17.0. The van der Waals surface area contributed by atoms with Crippen LogP contribution in [0.3, 0.4) is 0 Å². The van der Waals surface area contributed by atoms with Gasteiger partial charge >= 0.3 is 5.97 Å². The highest BCUT2D eigenvalue weighted by Gasteiger charge is 2.23. The summed E-state index contributed by atoms with van der Waals surface area (Å²) in [6.45, 7) is 2.40. The van der Waals surface area contributed by atoms with Crippen molar-refractivity contribution in [1.29, 1.82) is 0 Å². The standard InChI is InChI=1S/C24H20BrClN6O3.H2O/c1-2-3-8-18-27-22(26)20(24(33)34)32(18)12-13-9-10-17-16(11-13)19(25)21(35-17)14-6-4-5-7-15(14)23-28-30-31-29-23;/h4-7,9-11H,2-3,8,12H2,1H3,(H,33,34)(H,28,29,30,31);1H2. The van der Waals surface area contributed by atoms with Crippen LogP contribution < -0.4 is 0 Å². The third-order valence-corrected chi connectivity index (χ3v) is 6.80. The molecular weight excluding hydrogens is 552 g/mol. The van der Waals surface area contributed by atoms with E-state index in [9.17, 15) is 9.90 Å². The number of hydrogen-bond acceptors (Lipinski definition) is 6. The van der Waals surface area contributed by atoms with E-state index in [1.165, 1.54) is 0 Å². The number of tetrazole rings is 1. The molecule has 0 unspecified atom stereocenters. The van der Waals surface area contributed by atoms with Crippen molar-refractivity contribution >= 4 is 44.5 Å². The number of carbonyl (C=O) groups is 1. The second-order valence-corrected chi connectivity index (χ2v) is 9.17. The van der Waals surface area contributed by atoms with E-state index in [0.29, 0.717) is 36.0 Å². The lowest BCUT2D eigenvalue weighted by Crippen LogP contribution is -2.13. The van der Waals surface area contributed by atoms with Gasteiger partial charge in [0.05, 0.1) is 4.47 Å². The summed E-state index contributed by atoms with van der Waals surface area (Å²) in [6.07, 6.45) is 2.51. The van der Waals surface area contributed by atoms with Gasteiger partial charge in [-0.15, -0.1) is 10.2 Å². The van der Waals surface area contributed by atoms with E-state index in [-0.39, 0.29) is 16.3 Å². The smallest absolute Gasteiger partial charge is 0.355 e. The fourth-order valence-electron chi connectivity index (χ4n) is 4.09. The minimum absolute atomic E-state index is 0. The maximum Gasteiger partial charge on any atom is 0.355 e. The molecule has 0 bridgehead atoms. The average molecular weight is 574 g/mol. The van der Waals surface area contributed by atoms with Crippen LogP contribution in [0, 0.1) is 0 Å². The molecule has 5 rings (SSSR count). The molecule has 5 aromatic rings. The summed E-state index contributed by atoms with van der Waals surface area (Å²) < 4.78 is 8.66. The molecular formula is C24H22BrClN6O4. The zero-order chi connectivity index (χ0) is 24.5. The number of carboxylic acids is 1. The third kappa shape index (κ3) is 4.64. The van der Waals surface area contributed by atoms with E-state index in [1.54, 1.807) is 4.57 Å². The molecule has 4 N–H and O–H groups in total. The minimum atomic E-state index is -1.10. The molecule has 0 aliphatic carbocycles. The van der Waals surface area contributed by atoms with Gasteiger partial charge in [0, 0.05) is 29.5 Å². The first-order valence-electron chi connectivity index (χ1n) is 11.0. The molecule has 0 spiro atoms. The molecule has 0 saturated carbocycles. The Bertz CT molecular complexity index is 1530. The summed E-state index contributed by atoms with van der Waals surface area (Å²) in [7, 11) is 0. The quantitative estimate of drug-likeness (QED) is 0.260. The summed E-state index contributed by atoms with van der Waals surface area (Å²) in [6, 6.07) is 13.4. The second-order valence-electron chi connectivity index (χ2n) is 8.02. The number of aromatic nitrogens is 6. The van der Waals surface area contributed by atoms with Gasteiger partial charge in [0.25, 0.3) is 0 Å². The number of aromatic carboxylic acids is 1. The van der Waals surface area contributed by atoms with Crippen molar-refractivity contribution in [3.8, 4) is 22.7 Å². The van der Waals surface area contributed by atoms with Crippen LogP contribution >= 0.6 is 27.5 Å². The monoisotopic (exact) mass is 572 g/mol. The fourth-order valence-corrected chi connectivity index (χ4v) is 4.97. The highest BCUT2D eigenvalue weighted by atomic mass is 79.9. The van der Waals surface area contributed by atoms with Gasteiger partial charge in [-0.1, -0.05) is 55.3 Å². The van der Waals surface area contributed by atoms with E-state index in [1.807, 2.05) is 42.5 Å². The molecule has 0 radical (unpaired) electrons. The zero-order valence-corrected chi connectivity index (χ0v) is 21.5. The number of furan rings is 1. The molecule has 3 heterocycles. The van der Waals surface area contributed by atoms with Gasteiger partial charge in [0.15, 0.2) is 10.8 Å². The Kier molecular flexibility index (Phi) is 7.53. The number of nitrogens with zero attached hydrogens (tertiary/aromatic N) is 5. The Labute approximate surface area is 218 Å². The number of aryl methyl sites for hydroxylation is 1. The van der Waals surface area contributed by atoms with Crippen molar-refractivity contribution in [2.45, 2.75) is 32.7 Å². The van der Waals surface area contributed by atoms with Gasteiger partial charge < -0.3 is 19.6 Å². The highest BCUT2D eigenvalue weighted by Crippen LogP contribution is 2.41. The Hall–Kier alpha value is -3.54. The number of unbranched alkanes of at least 4 members (excludes halogenated alkanes) is 1. The SMILES string of the molecule is CCCCc1nc(Cl)c(C(=O)O)n1Cc1ccc2oc(-c3ccccc3-c3nn[nH]n3)c(Br)c2c1.O. The summed E-state index contributed by atoms with van der Waals surface area (Å²) in [5, 5.41) is 24.9. The van der Waals surface area contributed by atoms with Gasteiger partial charge in [-0.2, -0.15) is 5.21 Å². The van der Waals surface area contributed by atoms with Crippen LogP contribution in [0.15, 0.2) is 51.4 Å². The third-order valence-electron chi connectivity index (χ3n) is 5.75. The van der Waals surface area contributed by atoms with E-state index >= 15 is 0 Å². The number of halogens is 2. The molecule has 10 nitrogen and oxygen atoms in total. The van der Waals surface area contributed by atoms with Gasteiger partial charge in [-0.25, -0.2) is 9.78 Å². The van der Waals surface area contributed by atoms with Crippen LogP contribution in [-0.4, -0.2) is 46.7 Å². The number of fused-ring (bicyclic) bond motifs is 1. The topological polar surface area (TPSA) is 154 Å². The van der Waals surface area contributed by atoms with Crippen molar-refractivity contribution in [3.63, 3.8) is 0 Å². The molecule has 0 atom stereocenters. The maximum absolute atomic E-state index is 11.9. The number of imidazole rings is 1. The van der Waals surface area contributed by atoms with Crippen molar-refractivity contribution in [2.24, 2.45) is 0 Å². The van der Waals surface area contributed by atoms with Crippen molar-refractivity contribution in [2.75, 3.05) is 0 Å². The predicted octanol–water partition coefficient (Wildman–Crippen LogP) is 5.16. The number of nitrogens with one attached hydrogen (secondary N) is 1. The average Bonchev–Trinajstić information content (AvgIpc) is 3.56. The molecule has 3 aromatic heterocycles. The number of H-pyrrole nitrogens is 1. The predicted molar refractivity (Wildman–Crippen MR) is 138 cm³/mol. The van der Waals surface area contributed by atoms with Crippen LogP contribution in [0.25, 0.3) is 33.7 Å². The molecule has 0 saturated heterocycles. The molecule has 0 aliphatic heterocycles. The normalized spacial score (nSPS) is 11.1. The highest BCUT2D eigenvalue weighted by molar-refractivity contribution is 9.10. The van der Waals surface area contributed by atoms with Gasteiger partial charge in [-0.05, 0) is 45.3 Å². The number of carboxylic acid groups (broad SMARTS) is 1. The lowest BCUT2D eigenvalue weighted by molar-refractivity contribution is 0.0685. The van der Waals surface area contributed by atoms with Crippen LogP contribution in [0.1, 0.15) is 41.6 Å². The molecule has 0 fully saturated rings. The number of aromatic amines is 1. The summed E-state index contributed by atoms with van der Waals surface area (Å²) >= 11 is 9.89. The van der Waals surface area contributed by atoms with Crippen LogP contribution in [0.4, 0.5) is 0 Å². The molecule has 0 amide bonds. The van der Waals surface area contributed by atoms with Crippen LogP contribution in [0.5, 0.6) is 0 Å². The second kappa shape index (κ2) is 10.6. The van der Waals surface area contributed by atoms with Crippen LogP contribution in [0.2, 0.25) is 5.15 Å². The van der Waals surface area contributed by atoms with Gasteiger partial charge in [0.2, 0.25) is 5.82 Å². The Morgan fingerprint density at radius 2 is 2.00 bits per heavy atom. The molecule has 36 heavy (non-hydrogen) atoms. The summed E-state index contributed by atoms with van der Waals surface area (Å²) in [4.78, 5) is 16.2. The Balaban J connectivity index is 0.00000304. The molecule has 186 valence electrons. The Morgan fingerprint density at radius 1 is 1.22 bits per heavy atom. The zero-order valence-electron chi connectivity index (χ0n) is 19.1. The van der Waals surface area contributed by atoms with E-state index in [2.05, 4.69) is 48.5 Å². The lowest BCUT2D eigenvalue weighted by Gasteiger charge is -2.10. The van der Waals surface area contributed by atoms with Crippen molar-refractivity contribution < 1.29 is 19.8 Å². The first kappa shape index (κ1) is 25.5. The summed E-state index contributed by atoms with van der Waals surface area (Å²) in [5.41, 5.74) is 3.17. The molecule has 12 heteroatoms. The van der Waals surface area contributed by atoms with Gasteiger partial charge in [0.1, 0.15) is 17.2 Å². The number of rotatable bonds is 8. The van der Waals surface area contributed by atoms with E-state index in [4.69, 9.17) is 16.0 Å². The molecule has 0 aliphatic rings. The number of hydrogen-bond donors (Lipinski definition) is 2. The first-order valence-corrected chi connectivity index (χ1v) is 12.2. The van der Waals surface area contributed by atoms with E-state index < -0.39 is 5.97 Å². The van der Waals surface area contributed by atoms with Crippen LogP contribution in [-0.2, 0) is 13.0 Å². The van der Waals surface area contributed by atoms with Gasteiger partial charge in [-0.3, -0.25) is 0 Å². The fraction of sp³-hybridized carbons (Fsp3) is 0.208. The van der Waals surface area contributed by atoms with Crippen molar-refractivity contribution in [3.05, 3.63) is 69.2 Å². The van der Waals surface area contributed by atoms with Crippen molar-refractivity contribution in [1.82, 2.24) is 30.2 Å². The lowest BCUT2D eigenvalue weighted by atomic mass is 10.0. The van der Waals surface area contributed by atoms with E-state index in [0.717, 1.165) is 39.4 Å². The molecule has 2 aromatic carbocycles. The maximum atomic E-state index is 11.9. The largest absolute Gasteiger partial charge is 0.476 e. The summed E-state index contributed by atoms with van der Waals surface area (Å²) in [5.74, 6) is 0.663. The number of benzene rings is 2. The minimum Gasteiger partial charge on any atom is -0.476 e. The Morgan fingerprint density at radius 3 is 2.69 bits per heavy atom.